The third kappa shape index (κ3) is 4.04. The molecule has 6 heteroatoms. The second-order valence-corrected chi connectivity index (χ2v) is 8.03. The van der Waals surface area contributed by atoms with Crippen LogP contribution in [-0.4, -0.2) is 44.3 Å². The minimum Gasteiger partial charge on any atom is -0.390 e. The van der Waals surface area contributed by atoms with Crippen LogP contribution < -0.4 is 0 Å². The molecule has 1 amide bonds. The molecule has 0 bridgehead atoms. The highest BCUT2D eigenvalue weighted by Gasteiger charge is 2.30. The number of piperidine rings is 1. The average Bonchev–Trinajstić information content (AvgIpc) is 2.84. The largest absolute Gasteiger partial charge is 0.390 e. The van der Waals surface area contributed by atoms with Crippen molar-refractivity contribution in [3.63, 3.8) is 0 Å². The molecule has 0 radical (unpaired) electrons. The summed E-state index contributed by atoms with van der Waals surface area (Å²) in [6, 6.07) is 0. The number of thioether (sulfide) groups is 1. The maximum atomic E-state index is 12.3. The molecular formula is C16H27N3O2S. The molecule has 0 aromatic carbocycles. The highest BCUT2D eigenvalue weighted by atomic mass is 32.2. The Morgan fingerprint density at radius 3 is 2.55 bits per heavy atom. The molecule has 0 atom stereocenters. The minimum atomic E-state index is -0.282. The fourth-order valence-electron chi connectivity index (χ4n) is 2.68. The first-order chi connectivity index (χ1) is 10.3. The smallest absolute Gasteiger partial charge is 0.227 e. The van der Waals surface area contributed by atoms with Gasteiger partial charge < -0.3 is 14.6 Å². The van der Waals surface area contributed by atoms with Gasteiger partial charge >= 0.3 is 0 Å². The molecule has 1 fully saturated rings. The van der Waals surface area contributed by atoms with Gasteiger partial charge in [0.25, 0.3) is 0 Å². The zero-order valence-electron chi connectivity index (χ0n) is 14.0. The number of aromatic nitrogens is 2. The lowest BCUT2D eigenvalue weighted by Crippen LogP contribution is -2.44. The Morgan fingerprint density at radius 2 is 2.05 bits per heavy atom. The Bertz CT molecular complexity index is 514. The third-order valence-corrected chi connectivity index (χ3v) is 5.47. The summed E-state index contributed by atoms with van der Waals surface area (Å²) in [5.41, 5.74) is 0.558. The normalized spacial score (nSPS) is 17.0. The number of imidazole rings is 1. The van der Waals surface area contributed by atoms with E-state index in [2.05, 4.69) is 4.98 Å². The molecule has 1 saturated heterocycles. The van der Waals surface area contributed by atoms with Gasteiger partial charge in [-0.05, 0) is 18.8 Å². The number of rotatable bonds is 4. The van der Waals surface area contributed by atoms with E-state index in [0.717, 1.165) is 42.5 Å². The van der Waals surface area contributed by atoms with Crippen LogP contribution in [0.5, 0.6) is 0 Å². The van der Waals surface area contributed by atoms with Crippen molar-refractivity contribution < 1.29 is 9.90 Å². The summed E-state index contributed by atoms with van der Waals surface area (Å²) in [6.07, 6.45) is 3.85. The van der Waals surface area contributed by atoms with Crippen molar-refractivity contribution in [2.75, 3.05) is 18.8 Å². The maximum Gasteiger partial charge on any atom is 0.227 e. The lowest BCUT2D eigenvalue weighted by atomic mass is 9.92. The molecule has 1 N–H and O–H groups in total. The zero-order valence-corrected chi connectivity index (χ0v) is 14.8. The highest BCUT2D eigenvalue weighted by molar-refractivity contribution is 7.99. The van der Waals surface area contributed by atoms with E-state index in [1.54, 1.807) is 18.0 Å². The van der Waals surface area contributed by atoms with Crippen LogP contribution in [0.15, 0.2) is 11.4 Å². The second kappa shape index (κ2) is 7.04. The van der Waals surface area contributed by atoms with Gasteiger partial charge in [0.05, 0.1) is 18.5 Å². The number of hydrogen-bond donors (Lipinski definition) is 1. The molecule has 0 unspecified atom stereocenters. The van der Waals surface area contributed by atoms with E-state index in [-0.39, 0.29) is 17.9 Å². The SMILES string of the molecule is Cn1c(CO)cnc1SCC1CCN(C(=O)C(C)(C)C)CC1. The van der Waals surface area contributed by atoms with Gasteiger partial charge in [-0.15, -0.1) is 0 Å². The van der Waals surface area contributed by atoms with Gasteiger partial charge in [-0.3, -0.25) is 4.79 Å². The predicted molar refractivity (Wildman–Crippen MR) is 88.6 cm³/mol. The summed E-state index contributed by atoms with van der Waals surface area (Å²) >= 11 is 1.74. The molecule has 1 aromatic rings. The molecule has 5 nitrogen and oxygen atoms in total. The van der Waals surface area contributed by atoms with Gasteiger partial charge in [-0.2, -0.15) is 0 Å². The molecule has 22 heavy (non-hydrogen) atoms. The van der Waals surface area contributed by atoms with Crippen molar-refractivity contribution in [2.45, 2.75) is 45.4 Å². The first kappa shape index (κ1) is 17.3. The second-order valence-electron chi connectivity index (χ2n) is 7.05. The number of amides is 1. The van der Waals surface area contributed by atoms with Gasteiger partial charge in [0.15, 0.2) is 5.16 Å². The van der Waals surface area contributed by atoms with Crippen LogP contribution in [0, 0.1) is 11.3 Å². The fourth-order valence-corrected chi connectivity index (χ4v) is 3.83. The van der Waals surface area contributed by atoms with Crippen LogP contribution in [0.1, 0.15) is 39.3 Å². The molecule has 1 aliphatic rings. The number of hydrogen-bond acceptors (Lipinski definition) is 4. The van der Waals surface area contributed by atoms with Crippen molar-refractivity contribution in [2.24, 2.45) is 18.4 Å². The van der Waals surface area contributed by atoms with Crippen molar-refractivity contribution in [3.05, 3.63) is 11.9 Å². The van der Waals surface area contributed by atoms with Gasteiger partial charge in [-0.1, -0.05) is 32.5 Å². The summed E-state index contributed by atoms with van der Waals surface area (Å²) in [6.45, 7) is 7.70. The molecule has 0 aliphatic carbocycles. The first-order valence-corrected chi connectivity index (χ1v) is 8.85. The minimum absolute atomic E-state index is 0.0252. The molecule has 0 spiro atoms. The Balaban J connectivity index is 1.80. The number of likely N-dealkylation sites (tertiary alicyclic amines) is 1. The van der Waals surface area contributed by atoms with E-state index in [1.807, 2.05) is 37.3 Å². The molecular weight excluding hydrogens is 298 g/mol. The van der Waals surface area contributed by atoms with Crippen LogP contribution in [-0.2, 0) is 18.4 Å². The first-order valence-electron chi connectivity index (χ1n) is 7.86. The fraction of sp³-hybridized carbons (Fsp3) is 0.750. The number of nitrogens with zero attached hydrogens (tertiary/aromatic N) is 3. The zero-order chi connectivity index (χ0) is 16.3. The standard InChI is InChI=1S/C16H27N3O2S/c1-16(2,3)14(21)19-7-5-12(6-8-19)11-22-15-17-9-13(10-20)18(15)4/h9,12,20H,5-8,10-11H2,1-4H3. The monoisotopic (exact) mass is 325 g/mol. The third-order valence-electron chi connectivity index (χ3n) is 4.20. The van der Waals surface area contributed by atoms with E-state index in [0.29, 0.717) is 5.92 Å². The van der Waals surface area contributed by atoms with Gasteiger partial charge in [-0.25, -0.2) is 4.98 Å². The van der Waals surface area contributed by atoms with Crippen molar-refractivity contribution in [1.82, 2.24) is 14.5 Å². The lowest BCUT2D eigenvalue weighted by molar-refractivity contribution is -0.140. The number of aliphatic hydroxyl groups is 1. The van der Waals surface area contributed by atoms with Gasteiger partial charge in [0.1, 0.15) is 0 Å². The van der Waals surface area contributed by atoms with Gasteiger partial charge in [0, 0.05) is 31.3 Å². The number of carbonyl (C=O) groups is 1. The van der Waals surface area contributed by atoms with Crippen LogP contribution >= 0.6 is 11.8 Å². The van der Waals surface area contributed by atoms with Gasteiger partial charge in [0.2, 0.25) is 5.91 Å². The summed E-state index contributed by atoms with van der Waals surface area (Å²) < 4.78 is 1.95. The molecule has 0 saturated carbocycles. The van der Waals surface area contributed by atoms with Crippen molar-refractivity contribution >= 4 is 17.7 Å². The van der Waals surface area contributed by atoms with E-state index in [4.69, 9.17) is 0 Å². The molecule has 1 aliphatic heterocycles. The summed E-state index contributed by atoms with van der Waals surface area (Å²) in [5.74, 6) is 1.91. The Morgan fingerprint density at radius 1 is 1.41 bits per heavy atom. The Kier molecular flexibility index (Phi) is 5.55. The highest BCUT2D eigenvalue weighted by Crippen LogP contribution is 2.28. The van der Waals surface area contributed by atoms with E-state index < -0.39 is 0 Å². The number of aliphatic hydroxyl groups excluding tert-OH is 1. The maximum absolute atomic E-state index is 12.3. The van der Waals surface area contributed by atoms with Crippen LogP contribution in [0.4, 0.5) is 0 Å². The molecule has 1 aromatic heterocycles. The topological polar surface area (TPSA) is 58.4 Å². The van der Waals surface area contributed by atoms with Crippen molar-refractivity contribution in [3.8, 4) is 0 Å². The van der Waals surface area contributed by atoms with E-state index in [9.17, 15) is 9.90 Å². The summed E-state index contributed by atoms with van der Waals surface area (Å²) in [7, 11) is 1.94. The van der Waals surface area contributed by atoms with Crippen LogP contribution in [0.25, 0.3) is 0 Å². The predicted octanol–water partition coefficient (Wildman–Crippen LogP) is 2.29. The lowest BCUT2D eigenvalue weighted by Gasteiger charge is -2.35. The summed E-state index contributed by atoms with van der Waals surface area (Å²) in [4.78, 5) is 18.6. The quantitative estimate of drug-likeness (QED) is 0.863. The Hall–Kier alpha value is -1.01. The molecule has 124 valence electrons. The average molecular weight is 325 g/mol. The van der Waals surface area contributed by atoms with E-state index in [1.165, 1.54) is 0 Å². The van der Waals surface area contributed by atoms with Crippen LogP contribution in [0.3, 0.4) is 0 Å². The molecule has 2 rings (SSSR count). The van der Waals surface area contributed by atoms with Crippen LogP contribution in [0.2, 0.25) is 0 Å². The molecule has 2 heterocycles. The van der Waals surface area contributed by atoms with E-state index >= 15 is 0 Å². The van der Waals surface area contributed by atoms with Crippen molar-refractivity contribution in [1.29, 1.82) is 0 Å². The Labute approximate surface area is 137 Å². The number of carbonyl (C=O) groups excluding carboxylic acids is 1. The summed E-state index contributed by atoms with van der Waals surface area (Å²) in [5, 5.41) is 10.1.